The van der Waals surface area contributed by atoms with Gasteiger partial charge in [0.1, 0.15) is 11.5 Å². The lowest BCUT2D eigenvalue weighted by Gasteiger charge is -2.09. The maximum Gasteiger partial charge on any atom is 0.349 e. The Bertz CT molecular complexity index is 632. The largest absolute Gasteiger partial charge is 0.480 e. The average Bonchev–Trinajstić information content (AvgIpc) is 2.40. The van der Waals surface area contributed by atoms with Crippen LogP contribution in [0.15, 0.2) is 46.9 Å². The van der Waals surface area contributed by atoms with Crippen molar-refractivity contribution in [2.45, 2.75) is 0 Å². The molecule has 0 bridgehead atoms. The number of carbonyl (C=O) groups is 1. The number of hydrogen-bond donors (Lipinski definition) is 0. The van der Waals surface area contributed by atoms with Crippen molar-refractivity contribution in [1.82, 2.24) is 0 Å². The zero-order valence-electron chi connectivity index (χ0n) is 10.1. The van der Waals surface area contributed by atoms with Crippen LogP contribution in [0.1, 0.15) is 0 Å². The summed E-state index contributed by atoms with van der Waals surface area (Å²) in [6.45, 7) is -0.247. The number of benzene rings is 2. The molecule has 0 unspecified atom stereocenters. The highest BCUT2D eigenvalue weighted by Crippen LogP contribution is 2.28. The Morgan fingerprint density at radius 1 is 1.10 bits per heavy atom. The quantitative estimate of drug-likeness (QED) is 0.571. The van der Waals surface area contributed by atoms with E-state index in [2.05, 4.69) is 15.9 Å². The molecule has 0 saturated heterocycles. The lowest BCUT2D eigenvalue weighted by molar-refractivity contribution is -0.136. The zero-order valence-corrected chi connectivity index (χ0v) is 13.2. The Labute approximate surface area is 134 Å². The summed E-state index contributed by atoms with van der Waals surface area (Å²) < 4.78 is 11.1. The summed E-state index contributed by atoms with van der Waals surface area (Å²) in [5, 5.41) is 0.837. The third-order valence-electron chi connectivity index (χ3n) is 2.30. The molecular formula is C14H9BrCl2O3. The minimum Gasteiger partial charge on any atom is -0.480 e. The normalized spacial score (nSPS) is 10.2. The molecule has 0 fully saturated rings. The van der Waals surface area contributed by atoms with Gasteiger partial charge in [0.15, 0.2) is 6.61 Å². The van der Waals surface area contributed by atoms with Gasteiger partial charge < -0.3 is 9.47 Å². The fourth-order valence-corrected chi connectivity index (χ4v) is 2.24. The van der Waals surface area contributed by atoms with Gasteiger partial charge in [-0.15, -0.1) is 0 Å². The van der Waals surface area contributed by atoms with E-state index in [1.54, 1.807) is 30.3 Å². The van der Waals surface area contributed by atoms with E-state index >= 15 is 0 Å². The molecule has 3 nitrogen and oxygen atoms in total. The molecule has 0 aliphatic rings. The maximum absolute atomic E-state index is 11.7. The van der Waals surface area contributed by atoms with Crippen molar-refractivity contribution in [2.24, 2.45) is 0 Å². The fourth-order valence-electron chi connectivity index (χ4n) is 1.41. The predicted molar refractivity (Wildman–Crippen MR) is 81.7 cm³/mol. The van der Waals surface area contributed by atoms with E-state index in [0.29, 0.717) is 26.0 Å². The molecule has 0 heterocycles. The second-order valence-corrected chi connectivity index (χ2v) is 5.47. The van der Waals surface area contributed by atoms with Crippen molar-refractivity contribution in [3.8, 4) is 11.5 Å². The van der Waals surface area contributed by atoms with E-state index < -0.39 is 5.97 Å². The summed E-state index contributed by atoms with van der Waals surface area (Å²) in [5.74, 6) is 0.284. The highest BCUT2D eigenvalue weighted by Gasteiger charge is 2.10. The minimum atomic E-state index is -0.525. The number of rotatable bonds is 4. The van der Waals surface area contributed by atoms with Gasteiger partial charge in [0, 0.05) is 5.02 Å². The molecular weight excluding hydrogens is 367 g/mol. The van der Waals surface area contributed by atoms with Gasteiger partial charge >= 0.3 is 5.97 Å². The molecule has 2 aromatic carbocycles. The van der Waals surface area contributed by atoms with Gasteiger partial charge in [0.25, 0.3) is 0 Å². The first-order valence-corrected chi connectivity index (χ1v) is 7.14. The van der Waals surface area contributed by atoms with Crippen LogP contribution in [0.3, 0.4) is 0 Å². The van der Waals surface area contributed by atoms with Crippen LogP contribution in [-0.4, -0.2) is 12.6 Å². The Morgan fingerprint density at radius 2 is 1.85 bits per heavy atom. The van der Waals surface area contributed by atoms with Crippen LogP contribution in [0, 0.1) is 0 Å². The van der Waals surface area contributed by atoms with Crippen molar-refractivity contribution in [3.05, 3.63) is 57.0 Å². The first-order valence-electron chi connectivity index (χ1n) is 5.59. The average molecular weight is 376 g/mol. The molecule has 0 N–H and O–H groups in total. The molecule has 0 saturated carbocycles. The van der Waals surface area contributed by atoms with Crippen LogP contribution < -0.4 is 9.47 Å². The second kappa shape index (κ2) is 6.97. The van der Waals surface area contributed by atoms with Crippen LogP contribution in [0.4, 0.5) is 0 Å². The standard InChI is InChI=1S/C14H9BrCl2O3/c15-10-3-1-2-4-12(10)20-14(18)8-19-13-6-5-9(16)7-11(13)17/h1-7H,8H2. The molecule has 0 spiro atoms. The molecule has 2 aromatic rings. The highest BCUT2D eigenvalue weighted by atomic mass is 79.9. The van der Waals surface area contributed by atoms with Crippen LogP contribution in [-0.2, 0) is 4.79 Å². The van der Waals surface area contributed by atoms with E-state index in [1.165, 1.54) is 6.07 Å². The Morgan fingerprint density at radius 3 is 2.55 bits per heavy atom. The van der Waals surface area contributed by atoms with E-state index in [0.717, 1.165) is 0 Å². The number of carbonyl (C=O) groups excluding carboxylic acids is 1. The van der Waals surface area contributed by atoms with Crippen LogP contribution in [0.5, 0.6) is 11.5 Å². The number of ether oxygens (including phenoxy) is 2. The smallest absolute Gasteiger partial charge is 0.349 e. The summed E-state index contributed by atoms with van der Waals surface area (Å²) in [6.07, 6.45) is 0. The zero-order chi connectivity index (χ0) is 14.5. The van der Waals surface area contributed by atoms with Crippen LogP contribution in [0.2, 0.25) is 10.0 Å². The summed E-state index contributed by atoms with van der Waals surface area (Å²) >= 11 is 15.0. The van der Waals surface area contributed by atoms with Gasteiger partial charge in [0.05, 0.1) is 9.50 Å². The second-order valence-electron chi connectivity index (χ2n) is 3.77. The van der Waals surface area contributed by atoms with Crippen molar-refractivity contribution >= 4 is 45.1 Å². The van der Waals surface area contributed by atoms with Gasteiger partial charge in [-0.1, -0.05) is 35.3 Å². The topological polar surface area (TPSA) is 35.5 Å². The number of esters is 1. The molecule has 104 valence electrons. The van der Waals surface area contributed by atoms with Crippen molar-refractivity contribution in [1.29, 1.82) is 0 Å². The number of halogens is 3. The SMILES string of the molecule is O=C(COc1ccc(Cl)cc1Cl)Oc1ccccc1Br. The number of hydrogen-bond acceptors (Lipinski definition) is 3. The van der Waals surface area contributed by atoms with Gasteiger partial charge in [0.2, 0.25) is 0 Å². The lowest BCUT2D eigenvalue weighted by atomic mass is 10.3. The lowest BCUT2D eigenvalue weighted by Crippen LogP contribution is -2.18. The monoisotopic (exact) mass is 374 g/mol. The summed E-state index contributed by atoms with van der Waals surface area (Å²) in [6, 6.07) is 11.8. The van der Waals surface area contributed by atoms with Gasteiger partial charge in [-0.05, 0) is 46.3 Å². The van der Waals surface area contributed by atoms with Crippen LogP contribution >= 0.6 is 39.1 Å². The highest BCUT2D eigenvalue weighted by molar-refractivity contribution is 9.10. The van der Waals surface area contributed by atoms with E-state index in [-0.39, 0.29) is 6.61 Å². The predicted octanol–water partition coefficient (Wildman–Crippen LogP) is 4.74. The molecule has 0 aliphatic carbocycles. The molecule has 0 atom stereocenters. The van der Waals surface area contributed by atoms with E-state index in [1.807, 2.05) is 6.07 Å². The molecule has 20 heavy (non-hydrogen) atoms. The van der Waals surface area contributed by atoms with Gasteiger partial charge in [-0.25, -0.2) is 4.79 Å². The van der Waals surface area contributed by atoms with Crippen molar-refractivity contribution in [2.75, 3.05) is 6.61 Å². The van der Waals surface area contributed by atoms with Crippen molar-refractivity contribution in [3.63, 3.8) is 0 Å². The minimum absolute atomic E-state index is 0.247. The third kappa shape index (κ3) is 4.13. The van der Waals surface area contributed by atoms with E-state index in [9.17, 15) is 4.79 Å². The number of para-hydroxylation sites is 1. The summed E-state index contributed by atoms with van der Waals surface area (Å²) in [5.41, 5.74) is 0. The Kier molecular flexibility index (Phi) is 5.29. The van der Waals surface area contributed by atoms with Crippen molar-refractivity contribution < 1.29 is 14.3 Å². The Balaban J connectivity index is 1.94. The van der Waals surface area contributed by atoms with E-state index in [4.69, 9.17) is 32.7 Å². The molecule has 0 amide bonds. The van der Waals surface area contributed by atoms with Gasteiger partial charge in [-0.3, -0.25) is 0 Å². The summed E-state index contributed by atoms with van der Waals surface area (Å²) in [7, 11) is 0. The van der Waals surface area contributed by atoms with Crippen LogP contribution in [0.25, 0.3) is 0 Å². The first-order chi connectivity index (χ1) is 9.56. The molecule has 0 aliphatic heterocycles. The van der Waals surface area contributed by atoms with Gasteiger partial charge in [-0.2, -0.15) is 0 Å². The third-order valence-corrected chi connectivity index (χ3v) is 3.49. The molecule has 2 rings (SSSR count). The molecule has 0 aromatic heterocycles. The maximum atomic E-state index is 11.7. The fraction of sp³-hybridized carbons (Fsp3) is 0.0714. The first kappa shape index (κ1) is 15.2. The molecule has 6 heteroatoms. The Hall–Kier alpha value is -1.23. The summed E-state index contributed by atoms with van der Waals surface area (Å²) in [4.78, 5) is 11.7. The molecule has 0 radical (unpaired) electrons.